The summed E-state index contributed by atoms with van der Waals surface area (Å²) in [5, 5.41) is 4.07. The molecule has 0 aliphatic carbocycles. The summed E-state index contributed by atoms with van der Waals surface area (Å²) in [4.78, 5) is 0. The number of nitrogens with zero attached hydrogens (tertiary/aromatic N) is 1. The van der Waals surface area contributed by atoms with Crippen LogP contribution in [0.2, 0.25) is 5.02 Å². The first-order valence-electron chi connectivity index (χ1n) is 4.17. The van der Waals surface area contributed by atoms with Crippen LogP contribution in [0.3, 0.4) is 0 Å². The first-order valence-corrected chi connectivity index (χ1v) is 5.08. The molecule has 0 N–H and O–H groups in total. The van der Waals surface area contributed by atoms with Crippen molar-refractivity contribution >= 4 is 23.2 Å². The molecule has 0 fully saturated rings. The van der Waals surface area contributed by atoms with Crippen LogP contribution in [-0.4, -0.2) is 5.16 Å². The summed E-state index contributed by atoms with van der Waals surface area (Å²) in [6, 6.07) is 5.83. The first-order chi connectivity index (χ1) is 7.19. The lowest BCUT2D eigenvalue weighted by molar-refractivity contribution is 0.396. The summed E-state index contributed by atoms with van der Waals surface area (Å²) in [7, 11) is 0. The molecule has 0 aliphatic heterocycles. The fraction of sp³-hybridized carbons (Fsp3) is 0.100. The second-order valence-corrected chi connectivity index (χ2v) is 3.67. The Hall–Kier alpha value is -1.06. The molecule has 1 heterocycles. The van der Waals surface area contributed by atoms with Gasteiger partial charge in [-0.05, 0) is 18.2 Å². The van der Waals surface area contributed by atoms with Crippen molar-refractivity contribution in [2.24, 2.45) is 0 Å². The van der Waals surface area contributed by atoms with Crippen molar-refractivity contribution in [3.05, 3.63) is 40.9 Å². The summed E-state index contributed by atoms with van der Waals surface area (Å²) in [6.07, 6.45) is 0. The predicted molar refractivity (Wildman–Crippen MR) is 56.5 cm³/mol. The van der Waals surface area contributed by atoms with Gasteiger partial charge in [-0.2, -0.15) is 0 Å². The molecular weight excluding hydrogens is 240 g/mol. The highest BCUT2D eigenvalue weighted by Crippen LogP contribution is 2.24. The normalized spacial score (nSPS) is 10.6. The van der Waals surface area contributed by atoms with E-state index in [1.54, 1.807) is 12.1 Å². The Balaban J connectivity index is 2.44. The van der Waals surface area contributed by atoms with Crippen LogP contribution < -0.4 is 0 Å². The van der Waals surface area contributed by atoms with Gasteiger partial charge < -0.3 is 4.52 Å². The fourth-order valence-electron chi connectivity index (χ4n) is 1.21. The van der Waals surface area contributed by atoms with E-state index in [2.05, 4.69) is 5.16 Å². The van der Waals surface area contributed by atoms with Gasteiger partial charge in [-0.1, -0.05) is 16.8 Å². The molecule has 1 aromatic carbocycles. The molecular formula is C10H6Cl2FNO. The third-order valence-electron chi connectivity index (χ3n) is 1.85. The van der Waals surface area contributed by atoms with Crippen LogP contribution in [0, 0.1) is 5.82 Å². The number of halogens is 3. The highest BCUT2D eigenvalue weighted by Gasteiger charge is 2.07. The van der Waals surface area contributed by atoms with Crippen molar-refractivity contribution in [2.45, 2.75) is 5.88 Å². The van der Waals surface area contributed by atoms with Gasteiger partial charge >= 0.3 is 0 Å². The van der Waals surface area contributed by atoms with Crippen LogP contribution in [0.5, 0.6) is 0 Å². The van der Waals surface area contributed by atoms with Crippen LogP contribution in [0.4, 0.5) is 4.39 Å². The molecule has 0 radical (unpaired) electrons. The van der Waals surface area contributed by atoms with Gasteiger partial charge in [0.15, 0.2) is 5.76 Å². The summed E-state index contributed by atoms with van der Waals surface area (Å²) in [6.45, 7) is 0. The van der Waals surface area contributed by atoms with Gasteiger partial charge in [-0.15, -0.1) is 11.6 Å². The van der Waals surface area contributed by atoms with Crippen LogP contribution >= 0.6 is 23.2 Å². The zero-order chi connectivity index (χ0) is 10.8. The van der Waals surface area contributed by atoms with Gasteiger partial charge in [0, 0.05) is 16.7 Å². The van der Waals surface area contributed by atoms with Crippen molar-refractivity contribution in [3.63, 3.8) is 0 Å². The van der Waals surface area contributed by atoms with E-state index in [1.807, 2.05) is 0 Å². The van der Waals surface area contributed by atoms with E-state index in [4.69, 9.17) is 27.7 Å². The molecule has 0 bridgehead atoms. The molecule has 2 aromatic rings. The van der Waals surface area contributed by atoms with E-state index < -0.39 is 5.82 Å². The highest BCUT2D eigenvalue weighted by molar-refractivity contribution is 6.30. The minimum Gasteiger partial charge on any atom is -0.359 e. The molecule has 15 heavy (non-hydrogen) atoms. The maximum absolute atomic E-state index is 13.0. The average Bonchev–Trinajstić information content (AvgIpc) is 2.64. The number of hydrogen-bond donors (Lipinski definition) is 0. The van der Waals surface area contributed by atoms with E-state index in [-0.39, 0.29) is 5.88 Å². The summed E-state index contributed by atoms with van der Waals surface area (Å²) < 4.78 is 17.9. The minimum absolute atomic E-state index is 0.232. The Kier molecular flexibility index (Phi) is 2.93. The van der Waals surface area contributed by atoms with Gasteiger partial charge in [0.05, 0.1) is 5.88 Å². The van der Waals surface area contributed by atoms with Gasteiger partial charge in [0.2, 0.25) is 0 Å². The Bertz CT molecular complexity index is 464. The SMILES string of the molecule is Fc1cc(Cl)cc(-c2cc(CCl)on2)c1. The maximum Gasteiger partial charge on any atom is 0.152 e. The van der Waals surface area contributed by atoms with Gasteiger partial charge in [-0.3, -0.25) is 0 Å². The lowest BCUT2D eigenvalue weighted by atomic mass is 10.1. The van der Waals surface area contributed by atoms with Crippen molar-refractivity contribution in [1.29, 1.82) is 0 Å². The monoisotopic (exact) mass is 245 g/mol. The summed E-state index contributed by atoms with van der Waals surface area (Å²) in [5.74, 6) is 0.357. The Morgan fingerprint density at radius 2 is 2.07 bits per heavy atom. The topological polar surface area (TPSA) is 26.0 Å². The zero-order valence-electron chi connectivity index (χ0n) is 7.51. The second kappa shape index (κ2) is 4.21. The van der Waals surface area contributed by atoms with Gasteiger partial charge in [0.25, 0.3) is 0 Å². The molecule has 0 saturated carbocycles. The van der Waals surface area contributed by atoms with Crippen molar-refractivity contribution in [1.82, 2.24) is 5.16 Å². The number of aromatic nitrogens is 1. The molecule has 0 aliphatic rings. The van der Waals surface area contributed by atoms with Crippen molar-refractivity contribution < 1.29 is 8.91 Å². The number of rotatable bonds is 2. The Morgan fingerprint density at radius 3 is 2.67 bits per heavy atom. The predicted octanol–water partition coefficient (Wildman–Crippen LogP) is 3.87. The molecule has 2 rings (SSSR count). The first kappa shape index (κ1) is 10.5. The van der Waals surface area contributed by atoms with E-state index in [1.165, 1.54) is 12.1 Å². The standard InChI is InChI=1S/C10H6Cl2FNO/c11-5-9-4-10(14-15-9)6-1-7(12)3-8(13)2-6/h1-4H,5H2. The zero-order valence-corrected chi connectivity index (χ0v) is 9.02. The Labute approximate surface area is 95.6 Å². The largest absolute Gasteiger partial charge is 0.359 e. The van der Waals surface area contributed by atoms with Crippen molar-refractivity contribution in [2.75, 3.05) is 0 Å². The third-order valence-corrected chi connectivity index (χ3v) is 2.33. The molecule has 0 spiro atoms. The van der Waals surface area contributed by atoms with E-state index in [0.717, 1.165) is 0 Å². The Morgan fingerprint density at radius 1 is 1.27 bits per heavy atom. The van der Waals surface area contributed by atoms with Crippen LogP contribution in [-0.2, 0) is 5.88 Å². The number of hydrogen-bond acceptors (Lipinski definition) is 2. The number of benzene rings is 1. The minimum atomic E-state index is -0.409. The third kappa shape index (κ3) is 2.30. The van der Waals surface area contributed by atoms with E-state index in [9.17, 15) is 4.39 Å². The molecule has 0 unspecified atom stereocenters. The highest BCUT2D eigenvalue weighted by atomic mass is 35.5. The lowest BCUT2D eigenvalue weighted by Gasteiger charge is -1.96. The molecule has 0 saturated heterocycles. The lowest BCUT2D eigenvalue weighted by Crippen LogP contribution is -1.80. The van der Waals surface area contributed by atoms with E-state index in [0.29, 0.717) is 22.0 Å². The molecule has 0 atom stereocenters. The smallest absolute Gasteiger partial charge is 0.152 e. The van der Waals surface area contributed by atoms with Gasteiger partial charge in [-0.25, -0.2) is 4.39 Å². The van der Waals surface area contributed by atoms with Crippen molar-refractivity contribution in [3.8, 4) is 11.3 Å². The van der Waals surface area contributed by atoms with Gasteiger partial charge in [0.1, 0.15) is 11.5 Å². The molecule has 5 heteroatoms. The second-order valence-electron chi connectivity index (χ2n) is 2.97. The van der Waals surface area contributed by atoms with Crippen LogP contribution in [0.15, 0.2) is 28.8 Å². The van der Waals surface area contributed by atoms with Crippen LogP contribution in [0.1, 0.15) is 5.76 Å². The average molecular weight is 246 g/mol. The molecule has 78 valence electrons. The van der Waals surface area contributed by atoms with E-state index >= 15 is 0 Å². The molecule has 2 nitrogen and oxygen atoms in total. The fourth-order valence-corrected chi connectivity index (χ4v) is 1.56. The quantitative estimate of drug-likeness (QED) is 0.751. The van der Waals surface area contributed by atoms with Crippen LogP contribution in [0.25, 0.3) is 11.3 Å². The summed E-state index contributed by atoms with van der Waals surface area (Å²) >= 11 is 11.3. The molecule has 0 amide bonds. The molecule has 1 aromatic heterocycles. The summed E-state index contributed by atoms with van der Waals surface area (Å²) in [5.41, 5.74) is 1.09. The maximum atomic E-state index is 13.0. The number of alkyl halides is 1.